The standard InChI is InChI=1S/C13H20N2O3S/c1-5-13(2,3)15-12(16)14-10-7-6-8-11(9-10)19(4,17)18/h6-9H,5H2,1-4H3,(H2,14,15,16). The molecule has 2 N–H and O–H groups in total. The molecule has 1 aromatic rings. The molecule has 0 unspecified atom stereocenters. The summed E-state index contributed by atoms with van der Waals surface area (Å²) < 4.78 is 22.8. The van der Waals surface area contributed by atoms with Gasteiger partial charge in [-0.1, -0.05) is 13.0 Å². The van der Waals surface area contributed by atoms with E-state index in [9.17, 15) is 13.2 Å². The van der Waals surface area contributed by atoms with Gasteiger partial charge in [-0.2, -0.15) is 0 Å². The lowest BCUT2D eigenvalue weighted by Gasteiger charge is -2.24. The molecule has 0 aromatic heterocycles. The summed E-state index contributed by atoms with van der Waals surface area (Å²) in [4.78, 5) is 12.0. The fourth-order valence-corrected chi connectivity index (χ4v) is 2.03. The third-order valence-electron chi connectivity index (χ3n) is 2.86. The highest BCUT2D eigenvalue weighted by molar-refractivity contribution is 7.90. The summed E-state index contributed by atoms with van der Waals surface area (Å²) in [7, 11) is -3.27. The van der Waals surface area contributed by atoms with Crippen molar-refractivity contribution < 1.29 is 13.2 Å². The summed E-state index contributed by atoms with van der Waals surface area (Å²) in [5, 5.41) is 5.44. The molecular weight excluding hydrogens is 264 g/mol. The van der Waals surface area contributed by atoms with Crippen molar-refractivity contribution in [3.05, 3.63) is 24.3 Å². The molecule has 1 rings (SSSR count). The maximum Gasteiger partial charge on any atom is 0.319 e. The second kappa shape index (κ2) is 5.61. The summed E-state index contributed by atoms with van der Waals surface area (Å²) in [6.07, 6.45) is 1.93. The monoisotopic (exact) mass is 284 g/mol. The quantitative estimate of drug-likeness (QED) is 0.891. The summed E-state index contributed by atoms with van der Waals surface area (Å²) in [5.74, 6) is 0. The van der Waals surface area contributed by atoms with Crippen molar-refractivity contribution in [2.45, 2.75) is 37.6 Å². The number of hydrogen-bond donors (Lipinski definition) is 2. The van der Waals surface area contributed by atoms with Gasteiger partial charge < -0.3 is 10.6 Å². The molecule has 0 saturated carbocycles. The largest absolute Gasteiger partial charge is 0.333 e. The molecule has 19 heavy (non-hydrogen) atoms. The van der Waals surface area contributed by atoms with Crippen LogP contribution in [-0.2, 0) is 9.84 Å². The lowest BCUT2D eigenvalue weighted by atomic mass is 10.0. The van der Waals surface area contributed by atoms with Gasteiger partial charge in [0.25, 0.3) is 0 Å². The summed E-state index contributed by atoms with van der Waals surface area (Å²) in [6, 6.07) is 5.82. The molecule has 2 amide bonds. The third-order valence-corrected chi connectivity index (χ3v) is 3.97. The van der Waals surface area contributed by atoms with Crippen LogP contribution < -0.4 is 10.6 Å². The first-order chi connectivity index (χ1) is 8.64. The van der Waals surface area contributed by atoms with Gasteiger partial charge in [0.05, 0.1) is 4.90 Å². The maximum atomic E-state index is 11.8. The number of urea groups is 1. The Labute approximate surface area is 114 Å². The molecule has 0 aliphatic heterocycles. The molecule has 0 atom stereocenters. The van der Waals surface area contributed by atoms with Gasteiger partial charge in [0.2, 0.25) is 0 Å². The van der Waals surface area contributed by atoms with E-state index in [0.717, 1.165) is 12.7 Å². The van der Waals surface area contributed by atoms with Crippen LogP contribution in [0.1, 0.15) is 27.2 Å². The highest BCUT2D eigenvalue weighted by Gasteiger charge is 2.18. The Bertz CT molecular complexity index is 565. The Balaban J connectivity index is 2.81. The highest BCUT2D eigenvalue weighted by atomic mass is 32.2. The minimum absolute atomic E-state index is 0.181. The van der Waals surface area contributed by atoms with Gasteiger partial charge in [-0.3, -0.25) is 0 Å². The minimum atomic E-state index is -3.27. The molecule has 6 heteroatoms. The van der Waals surface area contributed by atoms with Crippen molar-refractivity contribution in [1.82, 2.24) is 5.32 Å². The molecule has 106 valence electrons. The summed E-state index contributed by atoms with van der Waals surface area (Å²) >= 11 is 0. The number of hydrogen-bond acceptors (Lipinski definition) is 3. The molecule has 0 bridgehead atoms. The molecule has 0 spiro atoms. The zero-order valence-electron chi connectivity index (χ0n) is 11.6. The van der Waals surface area contributed by atoms with E-state index < -0.39 is 9.84 Å². The Morgan fingerprint density at radius 3 is 2.47 bits per heavy atom. The smallest absolute Gasteiger partial charge is 0.319 e. The first kappa shape index (κ1) is 15.5. The third kappa shape index (κ3) is 4.90. The topological polar surface area (TPSA) is 75.3 Å². The number of carbonyl (C=O) groups excluding carboxylic acids is 1. The van der Waals surface area contributed by atoms with E-state index in [2.05, 4.69) is 10.6 Å². The predicted molar refractivity (Wildman–Crippen MR) is 76.1 cm³/mol. The predicted octanol–water partition coefficient (Wildman–Crippen LogP) is 2.40. The van der Waals surface area contributed by atoms with E-state index in [0.29, 0.717) is 5.69 Å². The molecule has 0 fully saturated rings. The lowest BCUT2D eigenvalue weighted by Crippen LogP contribution is -2.45. The molecule has 0 aliphatic carbocycles. The van der Waals surface area contributed by atoms with E-state index in [1.807, 2.05) is 20.8 Å². The molecule has 0 heterocycles. The summed E-state index contributed by atoms with van der Waals surface area (Å²) in [6.45, 7) is 5.81. The number of nitrogens with one attached hydrogen (secondary N) is 2. The second-order valence-electron chi connectivity index (χ2n) is 5.12. The lowest BCUT2D eigenvalue weighted by molar-refractivity contribution is 0.240. The van der Waals surface area contributed by atoms with Gasteiger partial charge >= 0.3 is 6.03 Å². The zero-order valence-corrected chi connectivity index (χ0v) is 12.5. The van der Waals surface area contributed by atoms with Crippen LogP contribution in [0.3, 0.4) is 0 Å². The van der Waals surface area contributed by atoms with Crippen LogP contribution in [0, 0.1) is 0 Å². The van der Waals surface area contributed by atoms with Crippen LogP contribution in [0.4, 0.5) is 10.5 Å². The number of benzene rings is 1. The first-order valence-corrected chi connectivity index (χ1v) is 7.92. The van der Waals surface area contributed by atoms with E-state index in [-0.39, 0.29) is 16.5 Å². The molecule has 0 radical (unpaired) electrons. The molecule has 0 aliphatic rings. The Kier molecular flexibility index (Phi) is 4.57. The van der Waals surface area contributed by atoms with Crippen LogP contribution in [0.2, 0.25) is 0 Å². The van der Waals surface area contributed by atoms with Gasteiger partial charge in [0.1, 0.15) is 0 Å². The Morgan fingerprint density at radius 2 is 1.95 bits per heavy atom. The van der Waals surface area contributed by atoms with Gasteiger partial charge in [-0.05, 0) is 38.5 Å². The maximum absolute atomic E-state index is 11.8. The SMILES string of the molecule is CCC(C)(C)NC(=O)Nc1cccc(S(C)(=O)=O)c1. The molecule has 5 nitrogen and oxygen atoms in total. The van der Waals surface area contributed by atoms with Crippen LogP contribution in [-0.4, -0.2) is 26.2 Å². The van der Waals surface area contributed by atoms with Gasteiger partial charge in [0.15, 0.2) is 9.84 Å². The minimum Gasteiger partial charge on any atom is -0.333 e. The average molecular weight is 284 g/mol. The Hall–Kier alpha value is -1.56. The van der Waals surface area contributed by atoms with Gasteiger partial charge in [-0.15, -0.1) is 0 Å². The normalized spacial score (nSPS) is 12.0. The van der Waals surface area contributed by atoms with Crippen LogP contribution in [0.25, 0.3) is 0 Å². The molecular formula is C13H20N2O3S. The fraction of sp³-hybridized carbons (Fsp3) is 0.462. The van der Waals surface area contributed by atoms with Crippen molar-refractivity contribution in [3.63, 3.8) is 0 Å². The van der Waals surface area contributed by atoms with Crippen molar-refractivity contribution in [2.75, 3.05) is 11.6 Å². The van der Waals surface area contributed by atoms with E-state index >= 15 is 0 Å². The van der Waals surface area contributed by atoms with Crippen molar-refractivity contribution in [3.8, 4) is 0 Å². The number of carbonyl (C=O) groups is 1. The van der Waals surface area contributed by atoms with E-state index in [1.54, 1.807) is 12.1 Å². The first-order valence-electron chi connectivity index (χ1n) is 6.03. The van der Waals surface area contributed by atoms with E-state index in [1.165, 1.54) is 12.1 Å². The molecule has 1 aromatic carbocycles. The van der Waals surface area contributed by atoms with E-state index in [4.69, 9.17) is 0 Å². The molecule has 0 saturated heterocycles. The Morgan fingerprint density at radius 1 is 1.32 bits per heavy atom. The van der Waals surface area contributed by atoms with Crippen molar-refractivity contribution in [1.29, 1.82) is 0 Å². The fourth-order valence-electron chi connectivity index (χ4n) is 1.36. The van der Waals surface area contributed by atoms with Gasteiger partial charge in [0, 0.05) is 17.5 Å². The highest BCUT2D eigenvalue weighted by Crippen LogP contribution is 2.15. The zero-order chi connectivity index (χ0) is 14.7. The number of sulfone groups is 1. The van der Waals surface area contributed by atoms with Crippen molar-refractivity contribution in [2.24, 2.45) is 0 Å². The van der Waals surface area contributed by atoms with Crippen LogP contribution in [0.15, 0.2) is 29.2 Å². The van der Waals surface area contributed by atoms with Gasteiger partial charge in [-0.25, -0.2) is 13.2 Å². The average Bonchev–Trinajstić information content (AvgIpc) is 2.27. The number of rotatable bonds is 4. The number of amides is 2. The van der Waals surface area contributed by atoms with Crippen LogP contribution >= 0.6 is 0 Å². The van der Waals surface area contributed by atoms with Crippen LogP contribution in [0.5, 0.6) is 0 Å². The second-order valence-corrected chi connectivity index (χ2v) is 7.13. The summed E-state index contributed by atoms with van der Waals surface area (Å²) in [5.41, 5.74) is 0.144. The van der Waals surface area contributed by atoms with Crippen molar-refractivity contribution >= 4 is 21.6 Å². The number of anilines is 1.